The normalized spacial score (nSPS) is 10.3. The van der Waals surface area contributed by atoms with E-state index in [1.54, 1.807) is 0 Å². The topological polar surface area (TPSA) is 0 Å². The maximum atomic E-state index is 3.88. The predicted molar refractivity (Wildman–Crippen MR) is 92.4 cm³/mol. The summed E-state index contributed by atoms with van der Waals surface area (Å²) >= 11 is 0. The van der Waals surface area contributed by atoms with Crippen LogP contribution in [0.3, 0.4) is 0 Å². The van der Waals surface area contributed by atoms with Crippen molar-refractivity contribution in [3.05, 3.63) is 13.8 Å². The highest BCUT2D eigenvalue weighted by atomic mass is 14.0. The smallest absolute Gasteiger partial charge is 0.0198 e. The van der Waals surface area contributed by atoms with Gasteiger partial charge < -0.3 is 0 Å². The zero-order valence-corrected chi connectivity index (χ0v) is 13.7. The maximum Gasteiger partial charge on any atom is 0.0198 e. The third kappa shape index (κ3) is 17.6. The van der Waals surface area contributed by atoms with Crippen LogP contribution in [0.1, 0.15) is 103 Å². The molecule has 0 saturated heterocycles. The summed E-state index contributed by atoms with van der Waals surface area (Å²) in [6.07, 6.45) is 21.8. The molecule has 0 heterocycles. The van der Waals surface area contributed by atoms with E-state index < -0.39 is 0 Å². The summed E-state index contributed by atoms with van der Waals surface area (Å²) in [5, 5.41) is 0. The van der Waals surface area contributed by atoms with E-state index in [1.165, 1.54) is 89.9 Å². The molecule has 0 atom stereocenters. The molecule has 0 N–H and O–H groups in total. The second kappa shape index (κ2) is 18.6. The molecule has 0 aliphatic rings. The molecular formula is C20H36. The Morgan fingerprint density at radius 3 is 1.20 bits per heavy atom. The van der Waals surface area contributed by atoms with Crippen LogP contribution in [-0.4, -0.2) is 0 Å². The fraction of sp³-hybridized carbons (Fsp3) is 0.800. The minimum Gasteiger partial charge on any atom is -0.103 e. The molecule has 0 rings (SSSR count). The second-order valence-electron chi connectivity index (χ2n) is 5.91. The van der Waals surface area contributed by atoms with Gasteiger partial charge in [0.25, 0.3) is 0 Å². The van der Waals surface area contributed by atoms with E-state index in [9.17, 15) is 0 Å². The lowest BCUT2D eigenvalue weighted by atomic mass is 10.0. The fourth-order valence-corrected chi connectivity index (χ4v) is 2.60. The van der Waals surface area contributed by atoms with E-state index in [4.69, 9.17) is 0 Å². The van der Waals surface area contributed by atoms with Crippen LogP contribution in [0.5, 0.6) is 0 Å². The van der Waals surface area contributed by atoms with E-state index >= 15 is 0 Å². The summed E-state index contributed by atoms with van der Waals surface area (Å²) in [6.45, 7) is 7.41. The zero-order valence-electron chi connectivity index (χ0n) is 13.7. The van der Waals surface area contributed by atoms with Crippen molar-refractivity contribution < 1.29 is 0 Å². The highest BCUT2D eigenvalue weighted by molar-refractivity contribution is 5.00. The van der Waals surface area contributed by atoms with Crippen LogP contribution < -0.4 is 0 Å². The van der Waals surface area contributed by atoms with Crippen molar-refractivity contribution in [3.8, 4) is 11.8 Å². The van der Waals surface area contributed by atoms with Crippen LogP contribution in [0.4, 0.5) is 0 Å². The molecule has 0 bridgehead atoms. The zero-order chi connectivity index (χ0) is 14.7. The fourth-order valence-electron chi connectivity index (χ4n) is 2.60. The number of hydrogen-bond acceptors (Lipinski definition) is 0. The number of rotatable bonds is 15. The minimum atomic E-state index is 1.04. The molecule has 2 radical (unpaired) electrons. The maximum absolute atomic E-state index is 3.88. The first-order valence-electron chi connectivity index (χ1n) is 8.96. The lowest BCUT2D eigenvalue weighted by Gasteiger charge is -2.03. The first-order valence-corrected chi connectivity index (χ1v) is 8.96. The average Bonchev–Trinajstić information content (AvgIpc) is 2.47. The molecular weight excluding hydrogens is 240 g/mol. The van der Waals surface area contributed by atoms with Gasteiger partial charge in [0.15, 0.2) is 0 Å². The Bertz CT molecular complexity index is 218. The van der Waals surface area contributed by atoms with E-state index in [0.717, 1.165) is 12.8 Å². The third-order valence-electron chi connectivity index (χ3n) is 3.93. The highest BCUT2D eigenvalue weighted by Crippen LogP contribution is 2.13. The molecule has 0 aliphatic carbocycles. The van der Waals surface area contributed by atoms with Crippen molar-refractivity contribution in [3.63, 3.8) is 0 Å². The Morgan fingerprint density at radius 1 is 0.500 bits per heavy atom. The van der Waals surface area contributed by atoms with E-state index in [1.807, 2.05) is 0 Å². The van der Waals surface area contributed by atoms with Crippen LogP contribution in [0.25, 0.3) is 0 Å². The second-order valence-corrected chi connectivity index (χ2v) is 5.91. The van der Waals surface area contributed by atoms with E-state index in [0.29, 0.717) is 0 Å². The van der Waals surface area contributed by atoms with Crippen LogP contribution in [0.2, 0.25) is 0 Å². The molecule has 0 spiro atoms. The Balaban J connectivity index is 2.93. The molecule has 0 nitrogen and oxygen atoms in total. The SMILES string of the molecule is [CH2]C#CCCCCCCCCCCCCCCCC[CH2]. The molecule has 0 aromatic rings. The molecule has 116 valence electrons. The monoisotopic (exact) mass is 276 g/mol. The number of hydrogen-bond donors (Lipinski definition) is 0. The summed E-state index contributed by atoms with van der Waals surface area (Å²) in [7, 11) is 0. The summed E-state index contributed by atoms with van der Waals surface area (Å²) in [4.78, 5) is 0. The van der Waals surface area contributed by atoms with E-state index in [2.05, 4.69) is 25.7 Å². The Kier molecular flexibility index (Phi) is 18.2. The highest BCUT2D eigenvalue weighted by Gasteiger charge is 1.93. The largest absolute Gasteiger partial charge is 0.103 e. The Morgan fingerprint density at radius 2 is 0.850 bits per heavy atom. The lowest BCUT2D eigenvalue weighted by molar-refractivity contribution is 0.534. The van der Waals surface area contributed by atoms with Crippen molar-refractivity contribution in [1.29, 1.82) is 0 Å². The third-order valence-corrected chi connectivity index (χ3v) is 3.93. The van der Waals surface area contributed by atoms with Gasteiger partial charge in [-0.05, 0) is 6.42 Å². The molecule has 0 aromatic heterocycles. The molecule has 0 amide bonds. The van der Waals surface area contributed by atoms with Gasteiger partial charge in [0.2, 0.25) is 0 Å². The molecule has 0 heteroatoms. The first kappa shape index (κ1) is 19.6. The van der Waals surface area contributed by atoms with Gasteiger partial charge >= 0.3 is 0 Å². The van der Waals surface area contributed by atoms with Crippen molar-refractivity contribution >= 4 is 0 Å². The molecule has 20 heavy (non-hydrogen) atoms. The van der Waals surface area contributed by atoms with Gasteiger partial charge in [-0.15, -0.1) is 11.8 Å². The van der Waals surface area contributed by atoms with Crippen LogP contribution in [-0.2, 0) is 0 Å². The summed E-state index contributed by atoms with van der Waals surface area (Å²) in [5.41, 5.74) is 0. The quantitative estimate of drug-likeness (QED) is 0.225. The van der Waals surface area contributed by atoms with Crippen molar-refractivity contribution in [2.75, 3.05) is 0 Å². The minimum absolute atomic E-state index is 1.04. The van der Waals surface area contributed by atoms with Gasteiger partial charge in [-0.1, -0.05) is 96.8 Å². The van der Waals surface area contributed by atoms with Gasteiger partial charge in [0.05, 0.1) is 0 Å². The van der Waals surface area contributed by atoms with Crippen LogP contribution in [0, 0.1) is 25.7 Å². The summed E-state index contributed by atoms with van der Waals surface area (Å²) in [5.74, 6) is 5.75. The van der Waals surface area contributed by atoms with Crippen LogP contribution in [0.15, 0.2) is 0 Å². The average molecular weight is 277 g/mol. The first-order chi connectivity index (χ1) is 9.91. The molecule has 0 saturated carbocycles. The Hall–Kier alpha value is -0.440. The van der Waals surface area contributed by atoms with Crippen molar-refractivity contribution in [2.24, 2.45) is 0 Å². The van der Waals surface area contributed by atoms with Gasteiger partial charge in [-0.25, -0.2) is 0 Å². The number of unbranched alkanes of at least 4 members (excludes halogenated alkanes) is 15. The predicted octanol–water partition coefficient (Wildman–Crippen LogP) is 6.90. The summed E-state index contributed by atoms with van der Waals surface area (Å²) < 4.78 is 0. The molecule has 0 unspecified atom stereocenters. The summed E-state index contributed by atoms with van der Waals surface area (Å²) in [6, 6.07) is 0. The van der Waals surface area contributed by atoms with Gasteiger partial charge in [0.1, 0.15) is 0 Å². The van der Waals surface area contributed by atoms with E-state index in [-0.39, 0.29) is 0 Å². The van der Waals surface area contributed by atoms with Gasteiger partial charge in [-0.2, -0.15) is 0 Å². The molecule has 0 aliphatic heterocycles. The van der Waals surface area contributed by atoms with Crippen molar-refractivity contribution in [1.82, 2.24) is 0 Å². The molecule has 0 aromatic carbocycles. The van der Waals surface area contributed by atoms with Gasteiger partial charge in [-0.3, -0.25) is 0 Å². The standard InChI is InChI=1S/C20H36/c1-3-5-7-9-11-13-15-17-19-20-18-16-14-12-10-8-6-4-2/h1-3,5,7-20H2. The van der Waals surface area contributed by atoms with Crippen molar-refractivity contribution in [2.45, 2.75) is 103 Å². The lowest BCUT2D eigenvalue weighted by Crippen LogP contribution is -1.83. The van der Waals surface area contributed by atoms with Gasteiger partial charge in [0, 0.05) is 13.3 Å². The molecule has 0 fully saturated rings. The Labute approximate surface area is 129 Å². The van der Waals surface area contributed by atoms with Crippen LogP contribution >= 0.6 is 0 Å².